The minimum Gasteiger partial charge on any atom is -0.348 e. The number of aromatic nitrogens is 2. The van der Waals surface area contributed by atoms with E-state index in [1.54, 1.807) is 6.33 Å². The van der Waals surface area contributed by atoms with Crippen molar-refractivity contribution in [2.24, 2.45) is 0 Å². The van der Waals surface area contributed by atoms with Gasteiger partial charge in [-0.2, -0.15) is 0 Å². The summed E-state index contributed by atoms with van der Waals surface area (Å²) in [6.07, 6.45) is 4.58. The first-order valence-electron chi connectivity index (χ1n) is 5.58. The molecule has 5 heteroatoms. The van der Waals surface area contributed by atoms with Crippen LogP contribution in [0.25, 0.3) is 0 Å². The van der Waals surface area contributed by atoms with Crippen molar-refractivity contribution in [2.75, 3.05) is 6.54 Å². The van der Waals surface area contributed by atoms with Crippen molar-refractivity contribution in [3.05, 3.63) is 53.6 Å². The summed E-state index contributed by atoms with van der Waals surface area (Å²) >= 11 is 0. The largest absolute Gasteiger partial charge is 0.348 e. The number of imidazole rings is 1. The zero-order valence-electron chi connectivity index (χ0n) is 10.3. The van der Waals surface area contributed by atoms with Gasteiger partial charge in [0.05, 0.1) is 6.33 Å². The van der Waals surface area contributed by atoms with Gasteiger partial charge in [0.2, 0.25) is 0 Å². The van der Waals surface area contributed by atoms with E-state index >= 15 is 0 Å². The fourth-order valence-corrected chi connectivity index (χ4v) is 1.70. The first-order valence-corrected chi connectivity index (χ1v) is 5.58. The Bertz CT molecular complexity index is 430. The number of nitrogens with zero attached hydrogens (tertiary/aromatic N) is 1. The molecule has 0 aliphatic heterocycles. The Balaban J connectivity index is 0.00000144. The van der Waals surface area contributed by atoms with E-state index in [2.05, 4.69) is 46.5 Å². The molecule has 1 aromatic heterocycles. The van der Waals surface area contributed by atoms with Gasteiger partial charge in [-0.15, -0.1) is 24.8 Å². The third-order valence-corrected chi connectivity index (χ3v) is 2.54. The van der Waals surface area contributed by atoms with Gasteiger partial charge >= 0.3 is 0 Å². The van der Waals surface area contributed by atoms with Crippen LogP contribution < -0.4 is 5.32 Å². The van der Waals surface area contributed by atoms with Crippen LogP contribution in [0.4, 0.5) is 0 Å². The van der Waals surface area contributed by atoms with Crippen LogP contribution in [0.3, 0.4) is 0 Å². The zero-order chi connectivity index (χ0) is 11.2. The maximum Gasteiger partial charge on any atom is 0.0921 e. The highest BCUT2D eigenvalue weighted by molar-refractivity contribution is 5.85. The van der Waals surface area contributed by atoms with E-state index in [9.17, 15) is 0 Å². The molecule has 0 saturated carbocycles. The van der Waals surface area contributed by atoms with Crippen LogP contribution in [-0.2, 0) is 13.0 Å². The highest BCUT2D eigenvalue weighted by Gasteiger charge is 1.95. The van der Waals surface area contributed by atoms with E-state index in [-0.39, 0.29) is 24.8 Å². The number of benzene rings is 1. The number of aromatic amines is 1. The predicted octanol–water partition coefficient (Wildman–Crippen LogP) is 2.89. The van der Waals surface area contributed by atoms with Crippen LogP contribution in [0.5, 0.6) is 0 Å². The van der Waals surface area contributed by atoms with Crippen molar-refractivity contribution in [3.8, 4) is 0 Å². The smallest absolute Gasteiger partial charge is 0.0921 e. The lowest BCUT2D eigenvalue weighted by atomic mass is 10.1. The fourth-order valence-electron chi connectivity index (χ4n) is 1.70. The lowest BCUT2D eigenvalue weighted by Crippen LogP contribution is -2.16. The number of hydrogen-bond acceptors (Lipinski definition) is 2. The summed E-state index contributed by atoms with van der Waals surface area (Å²) in [6.45, 7) is 4.01. The number of H-pyrrole nitrogens is 1. The molecule has 0 bridgehead atoms. The molecule has 3 nitrogen and oxygen atoms in total. The van der Waals surface area contributed by atoms with Gasteiger partial charge in [-0.25, -0.2) is 4.98 Å². The molecule has 0 amide bonds. The second-order valence-electron chi connectivity index (χ2n) is 3.99. The van der Waals surface area contributed by atoms with E-state index in [0.717, 1.165) is 19.5 Å². The van der Waals surface area contributed by atoms with Gasteiger partial charge in [-0.1, -0.05) is 29.8 Å². The Morgan fingerprint density at radius 1 is 1.28 bits per heavy atom. The molecule has 0 aliphatic rings. The summed E-state index contributed by atoms with van der Waals surface area (Å²) < 4.78 is 0. The summed E-state index contributed by atoms with van der Waals surface area (Å²) in [5.74, 6) is 0. The standard InChI is InChI=1S/C13H17N3.2ClH/c1-11-3-2-4-12(7-11)8-14-6-5-13-9-15-10-16-13;;/h2-4,7,9-10,14H,5-6,8H2,1H3,(H,15,16);2*1H. The first-order chi connectivity index (χ1) is 7.84. The van der Waals surface area contributed by atoms with Gasteiger partial charge < -0.3 is 10.3 Å². The summed E-state index contributed by atoms with van der Waals surface area (Å²) in [5.41, 5.74) is 3.83. The molecule has 1 heterocycles. The molecule has 2 aromatic rings. The second-order valence-corrected chi connectivity index (χ2v) is 3.99. The van der Waals surface area contributed by atoms with Gasteiger partial charge in [0.15, 0.2) is 0 Å². The third kappa shape index (κ3) is 5.54. The minimum atomic E-state index is 0. The molecule has 0 spiro atoms. The molecule has 0 radical (unpaired) electrons. The van der Waals surface area contributed by atoms with Crippen LogP contribution in [0.1, 0.15) is 16.8 Å². The summed E-state index contributed by atoms with van der Waals surface area (Å²) in [7, 11) is 0. The molecular weight excluding hydrogens is 269 g/mol. The molecule has 0 fully saturated rings. The van der Waals surface area contributed by atoms with E-state index in [1.165, 1.54) is 16.8 Å². The van der Waals surface area contributed by atoms with Crippen LogP contribution in [0.15, 0.2) is 36.8 Å². The third-order valence-electron chi connectivity index (χ3n) is 2.54. The Morgan fingerprint density at radius 2 is 2.11 bits per heavy atom. The minimum absolute atomic E-state index is 0. The Labute approximate surface area is 120 Å². The first kappa shape index (κ1) is 17.0. The van der Waals surface area contributed by atoms with Gasteiger partial charge in [-0.05, 0) is 12.5 Å². The zero-order valence-corrected chi connectivity index (χ0v) is 12.0. The average Bonchev–Trinajstić information content (AvgIpc) is 2.77. The van der Waals surface area contributed by atoms with Crippen molar-refractivity contribution in [3.63, 3.8) is 0 Å². The lowest BCUT2D eigenvalue weighted by molar-refractivity contribution is 0.681. The van der Waals surface area contributed by atoms with E-state index < -0.39 is 0 Å². The maximum absolute atomic E-state index is 3.99. The number of aryl methyl sites for hydroxylation is 1. The molecule has 0 saturated heterocycles. The van der Waals surface area contributed by atoms with Crippen molar-refractivity contribution in [1.29, 1.82) is 0 Å². The molecule has 100 valence electrons. The topological polar surface area (TPSA) is 40.7 Å². The van der Waals surface area contributed by atoms with Gasteiger partial charge in [-0.3, -0.25) is 0 Å². The normalized spacial score (nSPS) is 9.39. The second kappa shape index (κ2) is 8.97. The lowest BCUT2D eigenvalue weighted by Gasteiger charge is -2.04. The molecule has 0 unspecified atom stereocenters. The Morgan fingerprint density at radius 3 is 2.78 bits per heavy atom. The number of rotatable bonds is 5. The van der Waals surface area contributed by atoms with Gasteiger partial charge in [0.1, 0.15) is 0 Å². The fraction of sp³-hybridized carbons (Fsp3) is 0.308. The van der Waals surface area contributed by atoms with E-state index in [1.807, 2.05) is 6.20 Å². The maximum atomic E-state index is 3.99. The van der Waals surface area contributed by atoms with Crippen molar-refractivity contribution in [1.82, 2.24) is 15.3 Å². The van der Waals surface area contributed by atoms with E-state index in [0.29, 0.717) is 0 Å². The Hall–Kier alpha value is -1.03. The molecule has 1 aromatic carbocycles. The van der Waals surface area contributed by atoms with Crippen LogP contribution >= 0.6 is 24.8 Å². The molecule has 0 atom stereocenters. The summed E-state index contributed by atoms with van der Waals surface area (Å²) in [6, 6.07) is 8.58. The molecule has 0 aliphatic carbocycles. The highest BCUT2D eigenvalue weighted by atomic mass is 35.5. The van der Waals surface area contributed by atoms with Crippen LogP contribution in [-0.4, -0.2) is 16.5 Å². The Kier molecular flexibility index (Phi) is 8.46. The number of halogens is 2. The summed E-state index contributed by atoms with van der Waals surface area (Å²) in [5, 5.41) is 3.42. The van der Waals surface area contributed by atoms with Crippen LogP contribution in [0.2, 0.25) is 0 Å². The highest BCUT2D eigenvalue weighted by Crippen LogP contribution is 2.03. The van der Waals surface area contributed by atoms with Crippen molar-refractivity contribution >= 4 is 24.8 Å². The molecular formula is C13H19Cl2N3. The van der Waals surface area contributed by atoms with Crippen molar-refractivity contribution in [2.45, 2.75) is 19.9 Å². The van der Waals surface area contributed by atoms with Gasteiger partial charge in [0.25, 0.3) is 0 Å². The average molecular weight is 288 g/mol. The predicted molar refractivity (Wildman–Crippen MR) is 79.7 cm³/mol. The SMILES string of the molecule is Cc1cccc(CNCCc2cnc[nH]2)c1.Cl.Cl. The van der Waals surface area contributed by atoms with Crippen molar-refractivity contribution < 1.29 is 0 Å². The molecule has 2 N–H and O–H groups in total. The molecule has 2 rings (SSSR count). The van der Waals surface area contributed by atoms with E-state index in [4.69, 9.17) is 0 Å². The number of nitrogens with one attached hydrogen (secondary N) is 2. The van der Waals surface area contributed by atoms with Gasteiger partial charge in [0, 0.05) is 31.4 Å². The summed E-state index contributed by atoms with van der Waals surface area (Å²) in [4.78, 5) is 7.08. The quantitative estimate of drug-likeness (QED) is 0.831. The molecule has 18 heavy (non-hydrogen) atoms. The van der Waals surface area contributed by atoms with Crippen LogP contribution in [0, 0.1) is 6.92 Å². The monoisotopic (exact) mass is 287 g/mol. The number of hydrogen-bond donors (Lipinski definition) is 2.